The third-order valence-corrected chi connectivity index (χ3v) is 8.69. The number of rotatable bonds is 6. The molecule has 2 unspecified atom stereocenters. The van der Waals surface area contributed by atoms with E-state index in [-0.39, 0.29) is 16.6 Å². The van der Waals surface area contributed by atoms with E-state index in [0.29, 0.717) is 12.2 Å². The van der Waals surface area contributed by atoms with Crippen LogP contribution in [0.4, 0.5) is 5.69 Å². The monoisotopic (exact) mass is 423 g/mol. The molecule has 1 fully saturated rings. The summed E-state index contributed by atoms with van der Waals surface area (Å²) in [4.78, 5) is 15.0. The Hall–Kier alpha value is -2.30. The van der Waals surface area contributed by atoms with Crippen LogP contribution >= 0.6 is 0 Å². The van der Waals surface area contributed by atoms with Crippen molar-refractivity contribution in [1.29, 1.82) is 0 Å². The minimum absolute atomic E-state index is 0.0272. The molecule has 0 saturated carbocycles. The number of anilines is 1. The van der Waals surface area contributed by atoms with Crippen molar-refractivity contribution in [2.24, 2.45) is 0 Å². The van der Waals surface area contributed by atoms with Crippen LogP contribution in [0.3, 0.4) is 0 Å². The van der Waals surface area contributed by atoms with E-state index < -0.39 is 36.7 Å². The lowest BCUT2D eigenvalue weighted by molar-refractivity contribution is -0.114. The Labute approximate surface area is 164 Å². The van der Waals surface area contributed by atoms with Gasteiger partial charge in [-0.2, -0.15) is 0 Å². The molecular weight excluding hydrogens is 402 g/mol. The Bertz CT molecular complexity index is 1050. The quantitative estimate of drug-likeness (QED) is 0.703. The van der Waals surface area contributed by atoms with Gasteiger partial charge in [0.25, 0.3) is 0 Å². The van der Waals surface area contributed by atoms with Crippen LogP contribution in [0.1, 0.15) is 12.5 Å². The van der Waals surface area contributed by atoms with Crippen molar-refractivity contribution in [2.45, 2.75) is 29.7 Å². The highest BCUT2D eigenvalue weighted by Crippen LogP contribution is 2.27. The summed E-state index contributed by atoms with van der Waals surface area (Å²) < 4.78 is 50.5. The average Bonchev–Trinajstić information content (AvgIpc) is 2.96. The van der Waals surface area contributed by atoms with E-state index in [9.17, 15) is 21.6 Å². The van der Waals surface area contributed by atoms with Gasteiger partial charge in [-0.1, -0.05) is 0 Å². The molecule has 1 aromatic heterocycles. The molecular formula is C18H21N3O5S2. The van der Waals surface area contributed by atoms with E-state index >= 15 is 0 Å². The first-order valence-corrected chi connectivity index (χ1v) is 12.0. The first-order valence-electron chi connectivity index (χ1n) is 8.62. The van der Waals surface area contributed by atoms with Crippen LogP contribution in [-0.2, 0) is 31.0 Å². The van der Waals surface area contributed by atoms with Gasteiger partial charge in [-0.3, -0.25) is 9.78 Å². The predicted octanol–water partition coefficient (Wildman–Crippen LogP) is 0.769. The zero-order valence-electron chi connectivity index (χ0n) is 15.2. The fourth-order valence-electron chi connectivity index (χ4n) is 3.17. The summed E-state index contributed by atoms with van der Waals surface area (Å²) in [6.45, 7) is 1.70. The van der Waals surface area contributed by atoms with Crippen LogP contribution in [0, 0.1) is 0 Å². The van der Waals surface area contributed by atoms with E-state index in [2.05, 4.69) is 15.6 Å². The number of aromatic nitrogens is 1. The number of benzene rings is 1. The summed E-state index contributed by atoms with van der Waals surface area (Å²) in [5.41, 5.74) is 1.35. The molecule has 1 aliphatic heterocycles. The van der Waals surface area contributed by atoms with Gasteiger partial charge < -0.3 is 10.6 Å². The van der Waals surface area contributed by atoms with Crippen LogP contribution in [0.15, 0.2) is 53.7 Å². The van der Waals surface area contributed by atoms with E-state index in [1.165, 1.54) is 31.2 Å². The molecule has 10 heteroatoms. The molecule has 1 aromatic carbocycles. The largest absolute Gasteiger partial charge is 0.326 e. The zero-order valence-corrected chi connectivity index (χ0v) is 16.8. The smallest absolute Gasteiger partial charge is 0.221 e. The Morgan fingerprint density at radius 2 is 1.75 bits per heavy atom. The van der Waals surface area contributed by atoms with Gasteiger partial charge in [0.15, 0.2) is 19.7 Å². The van der Waals surface area contributed by atoms with Crippen molar-refractivity contribution in [1.82, 2.24) is 10.3 Å². The molecule has 1 amide bonds. The average molecular weight is 424 g/mol. The SMILES string of the molecule is CC(=O)Nc1ccc(S(=O)(=O)C2CS(=O)(=O)CC2NCc2ccncc2)cc1. The van der Waals surface area contributed by atoms with Crippen LogP contribution in [0.25, 0.3) is 0 Å². The third-order valence-electron chi connectivity index (χ3n) is 4.52. The number of nitrogens with zero attached hydrogens (tertiary/aromatic N) is 1. The number of sulfone groups is 2. The Kier molecular flexibility index (Phi) is 5.82. The number of carbonyl (C=O) groups is 1. The Morgan fingerprint density at radius 3 is 2.36 bits per heavy atom. The van der Waals surface area contributed by atoms with Crippen LogP contribution < -0.4 is 10.6 Å². The fourth-order valence-corrected chi connectivity index (χ4v) is 7.88. The van der Waals surface area contributed by atoms with Gasteiger partial charge in [-0.15, -0.1) is 0 Å². The third kappa shape index (κ3) is 4.75. The molecule has 0 spiro atoms. The van der Waals surface area contributed by atoms with Gasteiger partial charge in [-0.05, 0) is 42.0 Å². The van der Waals surface area contributed by atoms with E-state index in [4.69, 9.17) is 0 Å². The predicted molar refractivity (Wildman–Crippen MR) is 105 cm³/mol. The summed E-state index contributed by atoms with van der Waals surface area (Å²) in [6.07, 6.45) is 3.24. The topological polar surface area (TPSA) is 122 Å². The summed E-state index contributed by atoms with van der Waals surface area (Å²) >= 11 is 0. The second-order valence-electron chi connectivity index (χ2n) is 6.71. The molecule has 2 heterocycles. The first-order chi connectivity index (χ1) is 13.2. The van der Waals surface area contributed by atoms with Crippen LogP contribution in [0.2, 0.25) is 0 Å². The molecule has 8 nitrogen and oxygen atoms in total. The highest BCUT2D eigenvalue weighted by atomic mass is 32.2. The number of amides is 1. The highest BCUT2D eigenvalue weighted by molar-refractivity contribution is 7.96. The van der Waals surface area contributed by atoms with Crippen molar-refractivity contribution >= 4 is 31.3 Å². The van der Waals surface area contributed by atoms with E-state index in [0.717, 1.165) is 5.56 Å². The second kappa shape index (κ2) is 7.98. The minimum Gasteiger partial charge on any atom is -0.326 e. The molecule has 0 radical (unpaired) electrons. The number of pyridine rings is 1. The van der Waals surface area contributed by atoms with Crippen molar-refractivity contribution in [3.63, 3.8) is 0 Å². The van der Waals surface area contributed by atoms with Gasteiger partial charge in [0.2, 0.25) is 5.91 Å². The standard InChI is InChI=1S/C18H21N3O5S2/c1-13(22)21-15-2-4-16(5-3-15)28(25,26)18-12-27(23,24)11-17(18)20-10-14-6-8-19-9-7-14/h2-9,17-18,20H,10-12H2,1H3,(H,21,22). The van der Waals surface area contributed by atoms with Gasteiger partial charge in [0.05, 0.1) is 21.7 Å². The van der Waals surface area contributed by atoms with Crippen molar-refractivity contribution in [3.8, 4) is 0 Å². The van der Waals surface area contributed by atoms with Gasteiger partial charge in [-0.25, -0.2) is 16.8 Å². The van der Waals surface area contributed by atoms with Gasteiger partial charge in [0.1, 0.15) is 0 Å². The lowest BCUT2D eigenvalue weighted by Gasteiger charge is -2.20. The van der Waals surface area contributed by atoms with E-state index in [1.54, 1.807) is 24.5 Å². The number of nitrogens with one attached hydrogen (secondary N) is 2. The van der Waals surface area contributed by atoms with Gasteiger partial charge >= 0.3 is 0 Å². The molecule has 2 aromatic rings. The molecule has 0 aliphatic carbocycles. The Morgan fingerprint density at radius 1 is 1.11 bits per heavy atom. The second-order valence-corrected chi connectivity index (χ2v) is 11.0. The number of hydrogen-bond acceptors (Lipinski definition) is 7. The number of carbonyl (C=O) groups excluding carboxylic acids is 1. The molecule has 28 heavy (non-hydrogen) atoms. The van der Waals surface area contributed by atoms with Crippen LogP contribution in [-0.4, -0.2) is 50.5 Å². The minimum atomic E-state index is -3.88. The molecule has 1 aliphatic rings. The lowest BCUT2D eigenvalue weighted by Crippen LogP contribution is -2.43. The summed E-state index contributed by atoms with van der Waals surface area (Å²) in [6, 6.07) is 8.57. The normalized spacial score (nSPS) is 21.3. The molecule has 1 saturated heterocycles. The number of hydrogen-bond donors (Lipinski definition) is 2. The molecule has 0 bridgehead atoms. The molecule has 2 N–H and O–H groups in total. The van der Waals surface area contributed by atoms with Crippen molar-refractivity contribution < 1.29 is 21.6 Å². The Balaban J connectivity index is 1.82. The van der Waals surface area contributed by atoms with Gasteiger partial charge in [0, 0.05) is 37.6 Å². The maximum Gasteiger partial charge on any atom is 0.221 e. The summed E-state index contributed by atoms with van der Waals surface area (Å²) in [5, 5.41) is 4.56. The molecule has 150 valence electrons. The van der Waals surface area contributed by atoms with E-state index in [1.807, 2.05) is 0 Å². The molecule has 3 rings (SSSR count). The van der Waals surface area contributed by atoms with Crippen molar-refractivity contribution in [3.05, 3.63) is 54.4 Å². The lowest BCUT2D eigenvalue weighted by atomic mass is 10.2. The highest BCUT2D eigenvalue weighted by Gasteiger charge is 2.45. The zero-order chi connectivity index (χ0) is 20.4. The van der Waals surface area contributed by atoms with Crippen LogP contribution in [0.5, 0.6) is 0 Å². The summed E-state index contributed by atoms with van der Waals surface area (Å²) in [5.74, 6) is -0.916. The fraction of sp³-hybridized carbons (Fsp3) is 0.333. The maximum atomic E-state index is 13.1. The first kappa shape index (κ1) is 20.4. The maximum absolute atomic E-state index is 13.1. The summed E-state index contributed by atoms with van der Waals surface area (Å²) in [7, 11) is -7.35. The molecule has 2 atom stereocenters. The van der Waals surface area contributed by atoms with Crippen molar-refractivity contribution in [2.75, 3.05) is 16.8 Å².